The Labute approximate surface area is 104 Å². The molecule has 0 radical (unpaired) electrons. The van der Waals surface area contributed by atoms with Crippen LogP contribution in [0.1, 0.15) is 12.8 Å². The van der Waals surface area contributed by atoms with Gasteiger partial charge in [-0.05, 0) is 18.6 Å². The van der Waals surface area contributed by atoms with Crippen molar-refractivity contribution in [2.45, 2.75) is 12.8 Å². The Morgan fingerprint density at radius 3 is 2.81 bits per heavy atom. The molecule has 0 aliphatic heterocycles. The number of halogens is 2. The van der Waals surface area contributed by atoms with Crippen LogP contribution in [0.15, 0.2) is 18.2 Å². The van der Waals surface area contributed by atoms with Crippen molar-refractivity contribution in [3.05, 3.63) is 28.2 Å². The van der Waals surface area contributed by atoms with E-state index >= 15 is 0 Å². The van der Waals surface area contributed by atoms with Crippen molar-refractivity contribution < 1.29 is 14.3 Å². The van der Waals surface area contributed by atoms with E-state index in [0.29, 0.717) is 35.2 Å². The van der Waals surface area contributed by atoms with Gasteiger partial charge in [0.25, 0.3) is 0 Å². The lowest BCUT2D eigenvalue weighted by Gasteiger charge is -2.07. The third-order valence-corrected chi connectivity index (χ3v) is 2.45. The molecule has 1 aromatic carbocycles. The Morgan fingerprint density at radius 1 is 1.38 bits per heavy atom. The zero-order valence-corrected chi connectivity index (χ0v) is 10.3. The summed E-state index contributed by atoms with van der Waals surface area (Å²) >= 11 is 11.7. The van der Waals surface area contributed by atoms with Gasteiger partial charge in [0.05, 0.1) is 18.7 Å². The Bertz CT molecular complexity index is 366. The molecule has 1 aromatic rings. The molecule has 0 spiro atoms. The lowest BCUT2D eigenvalue weighted by Crippen LogP contribution is -2.04. The summed E-state index contributed by atoms with van der Waals surface area (Å²) in [5.41, 5.74) is 0. The first-order valence-corrected chi connectivity index (χ1v) is 5.53. The maximum absolute atomic E-state index is 10.8. The quantitative estimate of drug-likeness (QED) is 0.603. The second-order valence-corrected chi connectivity index (χ2v) is 3.95. The van der Waals surface area contributed by atoms with E-state index in [1.807, 2.05) is 0 Å². The lowest BCUT2D eigenvalue weighted by molar-refractivity contribution is -0.140. The average Bonchev–Trinajstić information content (AvgIpc) is 2.28. The number of hydrogen-bond acceptors (Lipinski definition) is 3. The van der Waals surface area contributed by atoms with Crippen LogP contribution in [0.2, 0.25) is 10.0 Å². The summed E-state index contributed by atoms with van der Waals surface area (Å²) in [6, 6.07) is 4.99. The third-order valence-electron chi connectivity index (χ3n) is 1.90. The molecule has 5 heteroatoms. The van der Waals surface area contributed by atoms with E-state index in [4.69, 9.17) is 27.9 Å². The highest BCUT2D eigenvalue weighted by Gasteiger charge is 2.04. The van der Waals surface area contributed by atoms with Gasteiger partial charge < -0.3 is 9.47 Å². The molecule has 0 saturated heterocycles. The summed E-state index contributed by atoms with van der Waals surface area (Å²) in [6.07, 6.45) is 0.907. The van der Waals surface area contributed by atoms with Gasteiger partial charge in [0.2, 0.25) is 0 Å². The summed E-state index contributed by atoms with van der Waals surface area (Å²) < 4.78 is 9.89. The van der Waals surface area contributed by atoms with Crippen LogP contribution in [-0.2, 0) is 9.53 Å². The average molecular weight is 263 g/mol. The van der Waals surface area contributed by atoms with E-state index in [9.17, 15) is 4.79 Å². The number of esters is 1. The molecule has 0 atom stereocenters. The maximum Gasteiger partial charge on any atom is 0.305 e. The first kappa shape index (κ1) is 13.1. The minimum atomic E-state index is -0.249. The Balaban J connectivity index is 2.37. The normalized spacial score (nSPS) is 9.94. The molecule has 0 heterocycles. The van der Waals surface area contributed by atoms with Crippen LogP contribution in [0.5, 0.6) is 5.75 Å². The van der Waals surface area contributed by atoms with Gasteiger partial charge >= 0.3 is 5.97 Å². The summed E-state index contributed by atoms with van der Waals surface area (Å²) in [5, 5.41) is 1.06. The molecule has 0 unspecified atom stereocenters. The predicted molar refractivity (Wildman–Crippen MR) is 63.2 cm³/mol. The van der Waals surface area contributed by atoms with Crippen LogP contribution in [0.4, 0.5) is 0 Å². The topological polar surface area (TPSA) is 35.5 Å². The van der Waals surface area contributed by atoms with Crippen LogP contribution in [0, 0.1) is 0 Å². The van der Waals surface area contributed by atoms with Crippen molar-refractivity contribution in [2.24, 2.45) is 0 Å². The van der Waals surface area contributed by atoms with Gasteiger partial charge in [-0.15, -0.1) is 0 Å². The van der Waals surface area contributed by atoms with Gasteiger partial charge in [-0.3, -0.25) is 4.79 Å². The van der Waals surface area contributed by atoms with Crippen LogP contribution >= 0.6 is 23.2 Å². The molecule has 1 rings (SSSR count). The molecule has 0 bridgehead atoms. The van der Waals surface area contributed by atoms with Crippen LogP contribution in [-0.4, -0.2) is 19.7 Å². The third kappa shape index (κ3) is 4.29. The minimum Gasteiger partial charge on any atom is -0.492 e. The van der Waals surface area contributed by atoms with Gasteiger partial charge in [0.1, 0.15) is 5.75 Å². The molecular formula is C11H12Cl2O3. The van der Waals surface area contributed by atoms with Crippen molar-refractivity contribution in [3.8, 4) is 5.75 Å². The van der Waals surface area contributed by atoms with Crippen molar-refractivity contribution in [3.63, 3.8) is 0 Å². The second-order valence-electron chi connectivity index (χ2n) is 3.10. The number of ether oxygens (including phenoxy) is 2. The van der Waals surface area contributed by atoms with Crippen LogP contribution < -0.4 is 4.74 Å². The highest BCUT2D eigenvalue weighted by Crippen LogP contribution is 2.27. The Morgan fingerprint density at radius 2 is 2.12 bits per heavy atom. The monoisotopic (exact) mass is 262 g/mol. The highest BCUT2D eigenvalue weighted by atomic mass is 35.5. The van der Waals surface area contributed by atoms with Gasteiger partial charge in [0.15, 0.2) is 0 Å². The molecule has 0 aliphatic rings. The maximum atomic E-state index is 10.8. The first-order chi connectivity index (χ1) is 7.63. The summed E-state index contributed by atoms with van der Waals surface area (Å²) in [5.74, 6) is 0.278. The molecule has 0 saturated carbocycles. The van der Waals surface area contributed by atoms with Crippen LogP contribution in [0.25, 0.3) is 0 Å². The number of rotatable bonds is 5. The van der Waals surface area contributed by atoms with E-state index in [1.54, 1.807) is 18.2 Å². The fraction of sp³-hybridized carbons (Fsp3) is 0.364. The van der Waals surface area contributed by atoms with Crippen molar-refractivity contribution >= 4 is 29.2 Å². The van der Waals surface area contributed by atoms with E-state index in [1.165, 1.54) is 7.11 Å². The minimum absolute atomic E-state index is 0.249. The predicted octanol–water partition coefficient (Wildman–Crippen LogP) is 3.33. The summed E-state index contributed by atoms with van der Waals surface area (Å²) in [4.78, 5) is 10.8. The standard InChI is InChI=1S/C11H12Cl2O3/c1-15-11(14)3-2-6-16-10-7-8(12)4-5-9(10)13/h4-5,7H,2-3,6H2,1H3. The largest absolute Gasteiger partial charge is 0.492 e. The van der Waals surface area contributed by atoms with Gasteiger partial charge in [-0.25, -0.2) is 0 Å². The van der Waals surface area contributed by atoms with E-state index in [-0.39, 0.29) is 5.97 Å². The van der Waals surface area contributed by atoms with Crippen molar-refractivity contribution in [1.82, 2.24) is 0 Å². The van der Waals surface area contributed by atoms with Gasteiger partial charge in [-0.2, -0.15) is 0 Å². The van der Waals surface area contributed by atoms with E-state index in [2.05, 4.69) is 4.74 Å². The van der Waals surface area contributed by atoms with E-state index in [0.717, 1.165) is 0 Å². The summed E-state index contributed by atoms with van der Waals surface area (Å²) in [7, 11) is 1.36. The molecule has 3 nitrogen and oxygen atoms in total. The van der Waals surface area contributed by atoms with Gasteiger partial charge in [0, 0.05) is 17.5 Å². The van der Waals surface area contributed by atoms with Crippen molar-refractivity contribution in [1.29, 1.82) is 0 Å². The molecule has 0 aromatic heterocycles. The molecule has 88 valence electrons. The summed E-state index contributed by atoms with van der Waals surface area (Å²) in [6.45, 7) is 0.398. The molecule has 0 N–H and O–H groups in total. The number of carbonyl (C=O) groups excluding carboxylic acids is 1. The Hall–Kier alpha value is -0.930. The fourth-order valence-electron chi connectivity index (χ4n) is 1.09. The zero-order chi connectivity index (χ0) is 12.0. The smallest absolute Gasteiger partial charge is 0.305 e. The zero-order valence-electron chi connectivity index (χ0n) is 8.83. The SMILES string of the molecule is COC(=O)CCCOc1cc(Cl)ccc1Cl. The Kier molecular flexibility index (Phi) is 5.43. The number of benzene rings is 1. The number of carbonyl (C=O) groups is 1. The molecular weight excluding hydrogens is 251 g/mol. The molecule has 0 amide bonds. The number of hydrogen-bond donors (Lipinski definition) is 0. The van der Waals surface area contributed by atoms with Crippen molar-refractivity contribution in [2.75, 3.05) is 13.7 Å². The van der Waals surface area contributed by atoms with Gasteiger partial charge in [-0.1, -0.05) is 23.2 Å². The fourth-order valence-corrected chi connectivity index (χ4v) is 1.42. The molecule has 0 aliphatic carbocycles. The first-order valence-electron chi connectivity index (χ1n) is 4.78. The molecule has 16 heavy (non-hydrogen) atoms. The second kappa shape index (κ2) is 6.61. The number of methoxy groups -OCH3 is 1. The van der Waals surface area contributed by atoms with E-state index < -0.39 is 0 Å². The van der Waals surface area contributed by atoms with Crippen LogP contribution in [0.3, 0.4) is 0 Å². The lowest BCUT2D eigenvalue weighted by atomic mass is 10.3. The molecule has 0 fully saturated rings. The highest BCUT2D eigenvalue weighted by molar-refractivity contribution is 6.34.